The summed E-state index contributed by atoms with van der Waals surface area (Å²) < 4.78 is 21.1. The fraction of sp³-hybridized carbons (Fsp3) is 0.242. The van der Waals surface area contributed by atoms with Crippen LogP contribution in [0, 0.1) is 34.6 Å². The zero-order valence-corrected chi connectivity index (χ0v) is 44.4. The molecule has 8 rings (SSSR count). The standard InChI is InChI=1S/C46H45NO3.C20H24O3/c1-32-6-14-40(15-7-32)41-20-22-42(23-21-41)47(43-24-18-38(33(2)30-43)16-8-36-10-26-45(49-5)27-11-36)44-25-19-39(34(3)31-44)17-9-37-12-28-46(29-13-37)50-35(4)48;1-13-11-16(7-9-18(13)22-6)20(4,5)17-8-10-19(14(2)12-17)23-15(3)21/h6-7,10-15,18-31H,8-9,16-17H2,1-5H3;7-12H,1-6H3. The van der Waals surface area contributed by atoms with Gasteiger partial charge in [0.15, 0.2) is 0 Å². The van der Waals surface area contributed by atoms with E-state index >= 15 is 0 Å². The van der Waals surface area contributed by atoms with E-state index in [-0.39, 0.29) is 17.4 Å². The van der Waals surface area contributed by atoms with Gasteiger partial charge >= 0.3 is 11.9 Å². The molecular formula is C66H69NO6. The van der Waals surface area contributed by atoms with Crippen molar-refractivity contribution in [2.75, 3.05) is 19.1 Å². The van der Waals surface area contributed by atoms with Crippen molar-refractivity contribution in [3.05, 3.63) is 231 Å². The van der Waals surface area contributed by atoms with Crippen LogP contribution in [-0.4, -0.2) is 26.2 Å². The molecule has 8 aromatic rings. The lowest BCUT2D eigenvalue weighted by Gasteiger charge is -2.27. The minimum absolute atomic E-state index is 0.156. The van der Waals surface area contributed by atoms with E-state index in [1.165, 1.54) is 75.0 Å². The SMILES string of the molecule is COc1ccc(C(C)(C)c2ccc(OC(C)=O)c(C)c2)cc1C.COc1ccc(CCc2ccc(N(c3ccc(-c4ccc(C)cc4)cc3)c3ccc(CCc4ccc(OC(C)=O)cc4)c(C)c3)cc2C)cc1. The van der Waals surface area contributed by atoms with Gasteiger partial charge in [-0.2, -0.15) is 0 Å². The smallest absolute Gasteiger partial charge is 0.308 e. The number of carbonyl (C=O) groups excluding carboxylic acids is 2. The summed E-state index contributed by atoms with van der Waals surface area (Å²) in [5.74, 6) is 2.37. The summed E-state index contributed by atoms with van der Waals surface area (Å²) in [6, 6.07) is 59.7. The number of nitrogens with zero attached hydrogens (tertiary/aromatic N) is 1. The molecule has 0 spiro atoms. The Balaban J connectivity index is 0.000000284. The van der Waals surface area contributed by atoms with Gasteiger partial charge in [-0.05, 0) is 200 Å². The van der Waals surface area contributed by atoms with Crippen molar-refractivity contribution in [2.45, 2.75) is 93.4 Å². The first-order valence-electron chi connectivity index (χ1n) is 25.0. The summed E-state index contributed by atoms with van der Waals surface area (Å²) in [5, 5.41) is 0. The molecule has 0 heterocycles. The van der Waals surface area contributed by atoms with Crippen LogP contribution in [0.5, 0.6) is 23.0 Å². The molecule has 8 aromatic carbocycles. The Morgan fingerprint density at radius 3 is 1.29 bits per heavy atom. The molecule has 7 heteroatoms. The Morgan fingerprint density at radius 2 is 0.863 bits per heavy atom. The molecule has 0 aromatic heterocycles. The molecule has 7 nitrogen and oxygen atoms in total. The molecule has 0 aliphatic rings. The van der Waals surface area contributed by atoms with Gasteiger partial charge in [-0.15, -0.1) is 0 Å². The van der Waals surface area contributed by atoms with Crippen molar-refractivity contribution < 1.29 is 28.5 Å². The highest BCUT2D eigenvalue weighted by Gasteiger charge is 2.25. The van der Waals surface area contributed by atoms with Crippen molar-refractivity contribution >= 4 is 29.0 Å². The molecule has 0 unspecified atom stereocenters. The summed E-state index contributed by atoms with van der Waals surface area (Å²) >= 11 is 0. The first kappa shape index (κ1) is 52.9. The predicted molar refractivity (Wildman–Crippen MR) is 299 cm³/mol. The van der Waals surface area contributed by atoms with Crippen LogP contribution in [0.4, 0.5) is 17.1 Å². The highest BCUT2D eigenvalue weighted by atomic mass is 16.5. The molecule has 0 radical (unpaired) electrons. The van der Waals surface area contributed by atoms with Gasteiger partial charge in [0, 0.05) is 36.3 Å². The second-order valence-corrected chi connectivity index (χ2v) is 19.4. The number of carbonyl (C=O) groups is 2. The number of anilines is 3. The number of hydrogen-bond donors (Lipinski definition) is 0. The third-order valence-corrected chi connectivity index (χ3v) is 13.7. The van der Waals surface area contributed by atoms with E-state index in [9.17, 15) is 9.59 Å². The van der Waals surface area contributed by atoms with Crippen LogP contribution in [0.25, 0.3) is 11.1 Å². The number of ether oxygens (including phenoxy) is 4. The Labute approximate surface area is 433 Å². The van der Waals surface area contributed by atoms with Gasteiger partial charge in [0.25, 0.3) is 0 Å². The predicted octanol–water partition coefficient (Wildman–Crippen LogP) is 15.8. The second kappa shape index (κ2) is 24.0. The number of esters is 2. The van der Waals surface area contributed by atoms with Crippen LogP contribution >= 0.6 is 0 Å². The zero-order valence-electron chi connectivity index (χ0n) is 44.4. The molecule has 0 atom stereocenters. The highest BCUT2D eigenvalue weighted by Crippen LogP contribution is 2.39. The van der Waals surface area contributed by atoms with Crippen molar-refractivity contribution in [3.63, 3.8) is 0 Å². The first-order valence-corrected chi connectivity index (χ1v) is 25.0. The van der Waals surface area contributed by atoms with Crippen molar-refractivity contribution in [2.24, 2.45) is 0 Å². The van der Waals surface area contributed by atoms with E-state index in [2.05, 4.69) is 155 Å². The molecule has 0 aliphatic carbocycles. The minimum atomic E-state index is -0.305. The maximum atomic E-state index is 11.3. The van der Waals surface area contributed by atoms with Crippen LogP contribution in [-0.2, 0) is 40.7 Å². The van der Waals surface area contributed by atoms with E-state index in [0.717, 1.165) is 65.4 Å². The summed E-state index contributed by atoms with van der Waals surface area (Å²) in [5.41, 5.74) is 19.1. The number of methoxy groups -OCH3 is 2. The van der Waals surface area contributed by atoms with Gasteiger partial charge in [-0.25, -0.2) is 0 Å². The Kier molecular flexibility index (Phi) is 17.4. The van der Waals surface area contributed by atoms with Gasteiger partial charge in [-0.3, -0.25) is 9.59 Å². The van der Waals surface area contributed by atoms with Crippen molar-refractivity contribution in [1.29, 1.82) is 0 Å². The average molecular weight is 972 g/mol. The molecule has 0 aliphatic heterocycles. The lowest BCUT2D eigenvalue weighted by atomic mass is 9.77. The fourth-order valence-corrected chi connectivity index (χ4v) is 9.18. The van der Waals surface area contributed by atoms with E-state index < -0.39 is 0 Å². The number of hydrogen-bond acceptors (Lipinski definition) is 7. The fourth-order valence-electron chi connectivity index (χ4n) is 9.18. The van der Waals surface area contributed by atoms with E-state index in [4.69, 9.17) is 18.9 Å². The van der Waals surface area contributed by atoms with E-state index in [1.807, 2.05) is 68.4 Å². The summed E-state index contributed by atoms with van der Waals surface area (Å²) in [4.78, 5) is 24.8. The first-order chi connectivity index (χ1) is 35.0. The highest BCUT2D eigenvalue weighted by molar-refractivity contribution is 5.79. The Bertz CT molecular complexity index is 3150. The van der Waals surface area contributed by atoms with Gasteiger partial charge in [0.2, 0.25) is 0 Å². The molecule has 0 bridgehead atoms. The molecule has 0 amide bonds. The average Bonchev–Trinajstić information content (AvgIpc) is 3.37. The zero-order chi connectivity index (χ0) is 52.2. The van der Waals surface area contributed by atoms with Crippen LogP contribution in [0.3, 0.4) is 0 Å². The summed E-state index contributed by atoms with van der Waals surface area (Å²) in [7, 11) is 3.39. The Hall–Kier alpha value is -7.90. The maximum Gasteiger partial charge on any atom is 0.308 e. The van der Waals surface area contributed by atoms with Crippen molar-refractivity contribution in [3.8, 4) is 34.1 Å². The van der Waals surface area contributed by atoms with Gasteiger partial charge in [0.1, 0.15) is 23.0 Å². The largest absolute Gasteiger partial charge is 0.497 e. The Morgan fingerprint density at radius 1 is 0.425 bits per heavy atom. The summed E-state index contributed by atoms with van der Waals surface area (Å²) in [6.45, 7) is 17.8. The van der Waals surface area contributed by atoms with Crippen LogP contribution < -0.4 is 23.8 Å². The quantitative estimate of drug-likeness (QED) is 0.0705. The molecule has 0 saturated heterocycles. The minimum Gasteiger partial charge on any atom is -0.497 e. The van der Waals surface area contributed by atoms with Crippen LogP contribution in [0.15, 0.2) is 170 Å². The second-order valence-electron chi connectivity index (χ2n) is 19.4. The van der Waals surface area contributed by atoms with Gasteiger partial charge in [0.05, 0.1) is 14.2 Å². The van der Waals surface area contributed by atoms with Gasteiger partial charge < -0.3 is 23.8 Å². The molecular weight excluding hydrogens is 903 g/mol. The monoisotopic (exact) mass is 972 g/mol. The molecule has 0 N–H and O–H groups in total. The van der Waals surface area contributed by atoms with Crippen molar-refractivity contribution in [1.82, 2.24) is 0 Å². The van der Waals surface area contributed by atoms with Crippen LogP contribution in [0.1, 0.15) is 88.9 Å². The third kappa shape index (κ3) is 13.7. The number of aryl methyl sites for hydroxylation is 9. The molecule has 0 saturated carbocycles. The van der Waals surface area contributed by atoms with Gasteiger partial charge in [-0.1, -0.05) is 116 Å². The normalized spacial score (nSPS) is 11.0. The van der Waals surface area contributed by atoms with E-state index in [1.54, 1.807) is 14.2 Å². The lowest BCUT2D eigenvalue weighted by Crippen LogP contribution is -2.19. The topological polar surface area (TPSA) is 74.3 Å². The number of benzene rings is 8. The molecule has 73 heavy (non-hydrogen) atoms. The maximum absolute atomic E-state index is 11.3. The van der Waals surface area contributed by atoms with Crippen LogP contribution in [0.2, 0.25) is 0 Å². The lowest BCUT2D eigenvalue weighted by molar-refractivity contribution is -0.132. The molecule has 0 fully saturated rings. The number of rotatable bonds is 16. The summed E-state index contributed by atoms with van der Waals surface area (Å²) in [6.07, 6.45) is 3.78. The molecule has 374 valence electrons. The third-order valence-electron chi connectivity index (χ3n) is 13.7. The van der Waals surface area contributed by atoms with E-state index in [0.29, 0.717) is 11.5 Å².